The number of allylic oxidation sites excluding steroid dienone is 4. The van der Waals surface area contributed by atoms with E-state index in [4.69, 9.17) is 0 Å². The Morgan fingerprint density at radius 2 is 1.16 bits per heavy atom. The molecule has 0 saturated carbocycles. The van der Waals surface area contributed by atoms with Gasteiger partial charge in [0.2, 0.25) is 0 Å². The van der Waals surface area contributed by atoms with Crippen LogP contribution < -0.4 is 37.2 Å². The Bertz CT molecular complexity index is 297. The van der Waals surface area contributed by atoms with Gasteiger partial charge in [0.25, 0.3) is 0 Å². The number of hydrogen-bond acceptors (Lipinski definition) is 0. The van der Waals surface area contributed by atoms with Crippen molar-refractivity contribution in [3.63, 3.8) is 0 Å². The van der Waals surface area contributed by atoms with E-state index >= 15 is 0 Å². The normalized spacial score (nSPS) is 15.3. The third kappa shape index (κ3) is 3.06. The standard InChI is InChI=1S/C5H5.5C2H5.3ClH.Zr/c1-2-4-5-3-1;5*1-2;;;;/h1-3H,4H2;5*1H2,2H3;3*1H;/q;;;;;;;;;+3/p-3. The Balaban J connectivity index is -0.000000853. The molecule has 0 unspecified atom stereocenters. The predicted octanol–water partition coefficient (Wildman–Crippen LogP) is -2.74. The quantitative estimate of drug-likeness (QED) is 0.448. The van der Waals surface area contributed by atoms with E-state index < -0.39 is 17.3 Å². The van der Waals surface area contributed by atoms with E-state index in [-0.39, 0.29) is 37.2 Å². The van der Waals surface area contributed by atoms with Crippen LogP contribution in [0.4, 0.5) is 0 Å². The minimum Gasteiger partial charge on any atom is -1.00 e. The molecule has 0 aliphatic heterocycles. The van der Waals surface area contributed by atoms with E-state index in [1.807, 2.05) is 3.28 Å². The van der Waals surface area contributed by atoms with Gasteiger partial charge >= 0.3 is 100 Å². The fraction of sp³-hybridized carbons (Fsp3) is 0.733. The second-order valence-corrected chi connectivity index (χ2v) is 33.4. The largest absolute Gasteiger partial charge is 1.00 e. The Morgan fingerprint density at radius 3 is 1.37 bits per heavy atom. The van der Waals surface area contributed by atoms with Crippen LogP contribution in [-0.2, 0) is 17.3 Å². The average Bonchev–Trinajstić information content (AvgIpc) is 2.91. The molecule has 19 heavy (non-hydrogen) atoms. The molecule has 0 aromatic heterocycles. The summed E-state index contributed by atoms with van der Waals surface area (Å²) in [4.78, 5) is 0. The van der Waals surface area contributed by atoms with Gasteiger partial charge in [0, 0.05) is 0 Å². The van der Waals surface area contributed by atoms with Crippen molar-refractivity contribution < 1.29 is 54.5 Å². The molecule has 0 aromatic carbocycles. The van der Waals surface area contributed by atoms with Crippen LogP contribution in [0.1, 0.15) is 41.0 Å². The van der Waals surface area contributed by atoms with Crippen LogP contribution in [0.3, 0.4) is 0 Å². The van der Waals surface area contributed by atoms with Gasteiger partial charge in [0.05, 0.1) is 0 Å². The van der Waals surface area contributed by atoms with Gasteiger partial charge in [-0.2, -0.15) is 0 Å². The van der Waals surface area contributed by atoms with Crippen LogP contribution >= 0.6 is 0 Å². The van der Waals surface area contributed by atoms with Crippen molar-refractivity contribution in [2.45, 2.75) is 61.7 Å². The molecule has 115 valence electrons. The topological polar surface area (TPSA) is 0 Å². The Labute approximate surface area is 137 Å². The maximum Gasteiger partial charge on any atom is -1.00 e. The van der Waals surface area contributed by atoms with E-state index in [2.05, 4.69) is 52.8 Å². The molecule has 0 heterocycles. The summed E-state index contributed by atoms with van der Waals surface area (Å²) in [5.41, 5.74) is 0. The van der Waals surface area contributed by atoms with Crippen LogP contribution in [0.25, 0.3) is 0 Å². The van der Waals surface area contributed by atoms with E-state index in [9.17, 15) is 0 Å². The number of hydrogen-bond donors (Lipinski definition) is 0. The van der Waals surface area contributed by atoms with Crippen molar-refractivity contribution in [1.82, 2.24) is 0 Å². The summed E-state index contributed by atoms with van der Waals surface area (Å²) in [6.07, 6.45) is 8.42. The third-order valence-corrected chi connectivity index (χ3v) is 43.2. The molecule has 1 aliphatic rings. The first-order chi connectivity index (χ1) is 7.53. The fourth-order valence-corrected chi connectivity index (χ4v) is 26.4. The minimum absolute atomic E-state index is 0. The number of rotatable bonds is 6. The van der Waals surface area contributed by atoms with Crippen LogP contribution in [0.2, 0.25) is 20.6 Å². The molecule has 0 nitrogen and oxygen atoms in total. The van der Waals surface area contributed by atoms with Crippen LogP contribution in [0.5, 0.6) is 0 Å². The summed E-state index contributed by atoms with van der Waals surface area (Å²) in [7, 11) is 0. The molecule has 0 N–H and O–H groups in total. The van der Waals surface area contributed by atoms with Crippen molar-refractivity contribution >= 4 is 0 Å². The second-order valence-electron chi connectivity index (χ2n) is 6.48. The molecule has 4 heteroatoms. The van der Waals surface area contributed by atoms with Gasteiger partial charge in [-0.15, -0.1) is 0 Å². The molecule has 0 radical (unpaired) electrons. The molecule has 0 saturated heterocycles. The van der Waals surface area contributed by atoms with Gasteiger partial charge in [-0.25, -0.2) is 0 Å². The smallest absolute Gasteiger partial charge is 1.00 e. The molecule has 0 aromatic rings. The van der Waals surface area contributed by atoms with E-state index in [1.54, 1.807) is 0 Å². The Hall–Kier alpha value is 1.23. The van der Waals surface area contributed by atoms with Gasteiger partial charge in [0.1, 0.15) is 0 Å². The van der Waals surface area contributed by atoms with Gasteiger partial charge < -0.3 is 37.2 Å². The van der Waals surface area contributed by atoms with Crippen LogP contribution in [-0.4, -0.2) is 0 Å². The zero-order valence-electron chi connectivity index (χ0n) is 13.1. The van der Waals surface area contributed by atoms with Crippen molar-refractivity contribution in [3.8, 4) is 0 Å². The molecule has 1 aliphatic carbocycles. The predicted molar refractivity (Wildman–Crippen MR) is 74.2 cm³/mol. The molecule has 0 fully saturated rings. The second kappa shape index (κ2) is 8.02. The molecular formula is C15H30Cl3Zr. The maximum atomic E-state index is 2.49. The molecular weight excluding hydrogens is 378 g/mol. The zero-order valence-corrected chi connectivity index (χ0v) is 17.8. The number of halogens is 3. The van der Waals surface area contributed by atoms with Crippen molar-refractivity contribution in [3.05, 3.63) is 21.5 Å². The molecule has 1 rings (SSSR count). The summed E-state index contributed by atoms with van der Waals surface area (Å²) >= 11 is -3.11. The first-order valence-corrected chi connectivity index (χ1v) is 17.2. The summed E-state index contributed by atoms with van der Waals surface area (Å²) in [5, 5.41) is 0. The fourth-order valence-electron chi connectivity index (χ4n) is 4.74. The van der Waals surface area contributed by atoms with E-state index in [0.29, 0.717) is 0 Å². The monoisotopic (exact) mass is 405 g/mol. The first kappa shape index (κ1) is 25.2. The summed E-state index contributed by atoms with van der Waals surface area (Å²) in [6.45, 7) is 12.4. The molecule has 0 bridgehead atoms. The van der Waals surface area contributed by atoms with Gasteiger partial charge in [-0.1, -0.05) is 0 Å². The molecule has 0 spiro atoms. The minimum atomic E-state index is -3.11. The maximum absolute atomic E-state index is 3.11. The third-order valence-electron chi connectivity index (χ3n) is 7.79. The molecule has 0 atom stereocenters. The summed E-state index contributed by atoms with van der Waals surface area (Å²) in [6, 6.07) is 0. The Morgan fingerprint density at radius 1 is 0.789 bits per heavy atom. The zero-order chi connectivity index (χ0) is 12.3. The van der Waals surface area contributed by atoms with Crippen LogP contribution in [0.15, 0.2) is 21.5 Å². The van der Waals surface area contributed by atoms with E-state index in [0.717, 1.165) is 0 Å². The van der Waals surface area contributed by atoms with Crippen molar-refractivity contribution in [2.75, 3.05) is 0 Å². The van der Waals surface area contributed by atoms with Gasteiger partial charge in [-0.05, 0) is 0 Å². The average molecular weight is 408 g/mol. The SMILES string of the molecule is C[CH2][Zr+3]([CH2]C)([CH2]C)([CH2]C)([CH2]C)[C]1=CC=CC1.[Cl-].[Cl-].[Cl-]. The summed E-state index contributed by atoms with van der Waals surface area (Å²) < 4.78 is 9.22. The van der Waals surface area contributed by atoms with Crippen LogP contribution in [0, 0.1) is 0 Å². The van der Waals surface area contributed by atoms with Gasteiger partial charge in [0.15, 0.2) is 0 Å². The van der Waals surface area contributed by atoms with Crippen molar-refractivity contribution in [1.29, 1.82) is 0 Å². The summed E-state index contributed by atoms with van der Waals surface area (Å²) in [5.74, 6) is 0. The van der Waals surface area contributed by atoms with Crippen molar-refractivity contribution in [2.24, 2.45) is 0 Å². The molecule has 0 amide bonds. The van der Waals surface area contributed by atoms with E-state index in [1.165, 1.54) is 27.1 Å². The first-order valence-electron chi connectivity index (χ1n) is 7.27. The Kier molecular flexibility index (Phi) is 10.6. The van der Waals surface area contributed by atoms with Gasteiger partial charge in [-0.3, -0.25) is 0 Å².